The highest BCUT2D eigenvalue weighted by Gasteiger charge is 2.36. The fourth-order valence-electron chi connectivity index (χ4n) is 2.54. The zero-order valence-corrected chi connectivity index (χ0v) is 10.1. The van der Waals surface area contributed by atoms with E-state index in [1.165, 1.54) is 0 Å². The Morgan fingerprint density at radius 3 is 2.80 bits per heavy atom. The molecule has 0 aromatic heterocycles. The molecule has 4 nitrogen and oxygen atoms in total. The third kappa shape index (κ3) is 2.34. The lowest BCUT2D eigenvalue weighted by Crippen LogP contribution is -2.54. The predicted molar refractivity (Wildman–Crippen MR) is 60.2 cm³/mol. The molecule has 2 aliphatic rings. The van der Waals surface area contributed by atoms with Crippen molar-refractivity contribution in [3.63, 3.8) is 0 Å². The van der Waals surface area contributed by atoms with Gasteiger partial charge in [0.25, 0.3) is 0 Å². The molecule has 0 aliphatic carbocycles. The SMILES string of the molecule is CC1CCNCC1N1CCCCS1(=O)=O. The van der Waals surface area contributed by atoms with E-state index in [0.717, 1.165) is 38.9 Å². The first kappa shape index (κ1) is 11.4. The number of hydrogen-bond donors (Lipinski definition) is 1. The van der Waals surface area contributed by atoms with E-state index in [2.05, 4.69) is 12.2 Å². The Balaban J connectivity index is 2.13. The third-order valence-electron chi connectivity index (χ3n) is 3.54. The third-order valence-corrected chi connectivity index (χ3v) is 5.52. The first-order chi connectivity index (χ1) is 7.11. The van der Waals surface area contributed by atoms with Crippen LogP contribution in [0.15, 0.2) is 0 Å². The molecule has 2 fully saturated rings. The molecule has 2 heterocycles. The number of nitrogens with one attached hydrogen (secondary N) is 1. The summed E-state index contributed by atoms with van der Waals surface area (Å²) in [5.74, 6) is 0.829. The van der Waals surface area contributed by atoms with Gasteiger partial charge >= 0.3 is 0 Å². The van der Waals surface area contributed by atoms with Crippen LogP contribution in [0.5, 0.6) is 0 Å². The lowest BCUT2D eigenvalue weighted by Gasteiger charge is -2.39. The van der Waals surface area contributed by atoms with Crippen LogP contribution < -0.4 is 5.32 Å². The molecule has 0 aromatic carbocycles. The summed E-state index contributed by atoms with van der Waals surface area (Å²) in [6, 6.07) is 0.184. The molecule has 2 atom stereocenters. The Morgan fingerprint density at radius 2 is 2.13 bits per heavy atom. The lowest BCUT2D eigenvalue weighted by molar-refractivity contribution is 0.196. The monoisotopic (exact) mass is 232 g/mol. The van der Waals surface area contributed by atoms with Crippen molar-refractivity contribution in [1.29, 1.82) is 0 Å². The summed E-state index contributed by atoms with van der Waals surface area (Å²) in [5.41, 5.74) is 0. The van der Waals surface area contributed by atoms with Crippen molar-refractivity contribution in [2.45, 2.75) is 32.2 Å². The van der Waals surface area contributed by atoms with Gasteiger partial charge in [-0.3, -0.25) is 0 Å². The Bertz CT molecular complexity index is 315. The second kappa shape index (κ2) is 4.39. The van der Waals surface area contributed by atoms with Crippen LogP contribution in [0.2, 0.25) is 0 Å². The molecule has 0 saturated carbocycles. The normalized spacial score (nSPS) is 37.7. The van der Waals surface area contributed by atoms with Crippen LogP contribution in [-0.2, 0) is 10.0 Å². The van der Waals surface area contributed by atoms with E-state index < -0.39 is 10.0 Å². The molecule has 0 radical (unpaired) electrons. The first-order valence-electron chi connectivity index (χ1n) is 5.81. The largest absolute Gasteiger partial charge is 0.315 e. The molecule has 15 heavy (non-hydrogen) atoms. The van der Waals surface area contributed by atoms with E-state index in [4.69, 9.17) is 0 Å². The zero-order valence-electron chi connectivity index (χ0n) is 9.28. The molecule has 0 aromatic rings. The van der Waals surface area contributed by atoms with Gasteiger partial charge in [0.15, 0.2) is 0 Å². The Morgan fingerprint density at radius 1 is 1.33 bits per heavy atom. The average molecular weight is 232 g/mol. The fraction of sp³-hybridized carbons (Fsp3) is 1.00. The Labute approximate surface area is 92.1 Å². The molecular formula is C10H20N2O2S. The molecule has 0 bridgehead atoms. The van der Waals surface area contributed by atoms with Gasteiger partial charge in [-0.25, -0.2) is 8.42 Å². The summed E-state index contributed by atoms with van der Waals surface area (Å²) in [6.45, 7) is 4.72. The molecule has 2 saturated heterocycles. The van der Waals surface area contributed by atoms with Crippen LogP contribution in [0.3, 0.4) is 0 Å². The first-order valence-corrected chi connectivity index (χ1v) is 7.42. The van der Waals surface area contributed by atoms with Crippen LogP contribution in [-0.4, -0.2) is 44.2 Å². The van der Waals surface area contributed by atoms with Gasteiger partial charge in [0.05, 0.1) is 5.75 Å². The van der Waals surface area contributed by atoms with Crippen molar-refractivity contribution in [2.75, 3.05) is 25.4 Å². The summed E-state index contributed by atoms with van der Waals surface area (Å²) in [6.07, 6.45) is 2.92. The number of piperidine rings is 1. The molecule has 2 rings (SSSR count). The minimum Gasteiger partial charge on any atom is -0.315 e. The standard InChI is InChI=1S/C10H20N2O2S/c1-9-4-5-11-8-10(9)12-6-2-3-7-15(12,13)14/h9-11H,2-8H2,1H3. The van der Waals surface area contributed by atoms with E-state index in [1.54, 1.807) is 4.31 Å². The van der Waals surface area contributed by atoms with Crippen molar-refractivity contribution in [3.8, 4) is 0 Å². The maximum Gasteiger partial charge on any atom is 0.214 e. The van der Waals surface area contributed by atoms with Crippen molar-refractivity contribution < 1.29 is 8.42 Å². The van der Waals surface area contributed by atoms with Crippen LogP contribution in [0.4, 0.5) is 0 Å². The molecule has 0 amide bonds. The van der Waals surface area contributed by atoms with Crippen LogP contribution in [0, 0.1) is 5.92 Å². The van der Waals surface area contributed by atoms with Gasteiger partial charge in [-0.1, -0.05) is 6.92 Å². The van der Waals surface area contributed by atoms with Gasteiger partial charge < -0.3 is 5.32 Å². The van der Waals surface area contributed by atoms with E-state index in [9.17, 15) is 8.42 Å². The van der Waals surface area contributed by atoms with Crippen molar-refractivity contribution >= 4 is 10.0 Å². The quantitative estimate of drug-likeness (QED) is 0.712. The highest BCUT2D eigenvalue weighted by atomic mass is 32.2. The number of nitrogens with zero attached hydrogens (tertiary/aromatic N) is 1. The second-order valence-electron chi connectivity index (χ2n) is 4.67. The maximum absolute atomic E-state index is 11.9. The predicted octanol–water partition coefficient (Wildman–Crippen LogP) is 0.410. The molecule has 0 spiro atoms. The lowest BCUT2D eigenvalue weighted by atomic mass is 9.94. The van der Waals surface area contributed by atoms with Crippen LogP contribution in [0.25, 0.3) is 0 Å². The summed E-state index contributed by atoms with van der Waals surface area (Å²) in [5, 5.41) is 3.29. The van der Waals surface area contributed by atoms with E-state index >= 15 is 0 Å². The van der Waals surface area contributed by atoms with E-state index in [-0.39, 0.29) is 6.04 Å². The summed E-state index contributed by atoms with van der Waals surface area (Å²) < 4.78 is 25.6. The van der Waals surface area contributed by atoms with E-state index in [0.29, 0.717) is 11.7 Å². The zero-order chi connectivity index (χ0) is 10.9. The number of sulfonamides is 1. The Kier molecular flexibility index (Phi) is 3.33. The highest BCUT2D eigenvalue weighted by molar-refractivity contribution is 7.89. The Hall–Kier alpha value is -0.130. The van der Waals surface area contributed by atoms with Crippen molar-refractivity contribution in [2.24, 2.45) is 5.92 Å². The maximum atomic E-state index is 11.9. The molecule has 88 valence electrons. The second-order valence-corrected chi connectivity index (χ2v) is 6.71. The van der Waals surface area contributed by atoms with Gasteiger partial charge in [-0.05, 0) is 31.7 Å². The van der Waals surface area contributed by atoms with Crippen LogP contribution >= 0.6 is 0 Å². The highest BCUT2D eigenvalue weighted by Crippen LogP contribution is 2.24. The summed E-state index contributed by atoms with van der Waals surface area (Å²) >= 11 is 0. The van der Waals surface area contributed by atoms with Gasteiger partial charge in [0, 0.05) is 19.1 Å². The molecule has 5 heteroatoms. The number of hydrogen-bond acceptors (Lipinski definition) is 3. The van der Waals surface area contributed by atoms with Crippen molar-refractivity contribution in [3.05, 3.63) is 0 Å². The smallest absolute Gasteiger partial charge is 0.214 e. The molecule has 1 N–H and O–H groups in total. The van der Waals surface area contributed by atoms with Crippen molar-refractivity contribution in [1.82, 2.24) is 9.62 Å². The van der Waals surface area contributed by atoms with E-state index in [1.807, 2.05) is 0 Å². The topological polar surface area (TPSA) is 49.4 Å². The summed E-state index contributed by atoms with van der Waals surface area (Å²) in [4.78, 5) is 0. The van der Waals surface area contributed by atoms with Gasteiger partial charge in [0.1, 0.15) is 0 Å². The molecule has 2 aliphatic heterocycles. The molecule has 2 unspecified atom stereocenters. The summed E-state index contributed by atoms with van der Waals surface area (Å²) in [7, 11) is -2.96. The fourth-order valence-corrected chi connectivity index (χ4v) is 4.45. The minimum atomic E-state index is -2.96. The molecular weight excluding hydrogens is 212 g/mol. The van der Waals surface area contributed by atoms with Gasteiger partial charge in [0.2, 0.25) is 10.0 Å². The van der Waals surface area contributed by atoms with Gasteiger partial charge in [-0.15, -0.1) is 0 Å². The average Bonchev–Trinajstić information content (AvgIpc) is 2.19. The number of rotatable bonds is 1. The van der Waals surface area contributed by atoms with Gasteiger partial charge in [-0.2, -0.15) is 4.31 Å². The minimum absolute atomic E-state index is 0.184. The van der Waals surface area contributed by atoms with Crippen LogP contribution in [0.1, 0.15) is 26.2 Å².